The number of Topliss-reactive ketones (excluding diaryl/α,β-unsaturated/α-hetero) is 1. The lowest BCUT2D eigenvalue weighted by molar-refractivity contribution is 0.101. The van der Waals surface area contributed by atoms with Crippen molar-refractivity contribution in [3.8, 4) is 5.75 Å². The topological polar surface area (TPSA) is 26.3 Å². The molecule has 1 aromatic carbocycles. The molecular weight excluding hydrogens is 195 g/mol. The van der Waals surface area contributed by atoms with Crippen molar-refractivity contribution < 1.29 is 13.9 Å². The molecule has 0 fully saturated rings. The smallest absolute Gasteiger partial charge is 0.184 e. The highest BCUT2D eigenvalue weighted by Crippen LogP contribution is 2.21. The monoisotopic (exact) mass is 202 g/mol. The van der Waals surface area contributed by atoms with Crippen LogP contribution in [0.2, 0.25) is 0 Å². The van der Waals surface area contributed by atoms with Crippen LogP contribution in [0.3, 0.4) is 0 Å². The standard InChI is InChI=1S/C9H8ClFO2/c1-13-8-4-2-3-6(11)9(8)7(12)5-10/h2-4H,5H2,1H3. The number of rotatable bonds is 3. The molecule has 0 saturated carbocycles. The molecule has 0 spiro atoms. The van der Waals surface area contributed by atoms with Gasteiger partial charge in [-0.05, 0) is 12.1 Å². The number of ketones is 1. The third-order valence-corrected chi connectivity index (χ3v) is 1.84. The zero-order valence-corrected chi connectivity index (χ0v) is 7.77. The van der Waals surface area contributed by atoms with E-state index in [-0.39, 0.29) is 17.2 Å². The van der Waals surface area contributed by atoms with E-state index in [2.05, 4.69) is 0 Å². The van der Waals surface area contributed by atoms with Crippen LogP contribution in [0.5, 0.6) is 5.75 Å². The van der Waals surface area contributed by atoms with E-state index < -0.39 is 11.6 Å². The van der Waals surface area contributed by atoms with Crippen molar-refractivity contribution in [2.75, 3.05) is 13.0 Å². The van der Waals surface area contributed by atoms with Crippen molar-refractivity contribution in [3.63, 3.8) is 0 Å². The second-order valence-electron chi connectivity index (χ2n) is 2.37. The molecule has 0 unspecified atom stereocenters. The Morgan fingerprint density at radius 3 is 2.85 bits per heavy atom. The minimum absolute atomic E-state index is 0.0833. The molecule has 0 N–H and O–H groups in total. The number of carbonyl (C=O) groups excluding carboxylic acids is 1. The van der Waals surface area contributed by atoms with Crippen LogP contribution in [0.25, 0.3) is 0 Å². The fourth-order valence-corrected chi connectivity index (χ4v) is 1.15. The van der Waals surface area contributed by atoms with Crippen LogP contribution in [-0.2, 0) is 0 Å². The van der Waals surface area contributed by atoms with Crippen LogP contribution >= 0.6 is 11.6 Å². The molecular formula is C9H8ClFO2. The minimum atomic E-state index is -0.606. The average molecular weight is 203 g/mol. The summed E-state index contributed by atoms with van der Waals surface area (Å²) in [6.45, 7) is 0. The summed E-state index contributed by atoms with van der Waals surface area (Å²) < 4.78 is 17.9. The Kier molecular flexibility index (Phi) is 3.25. The van der Waals surface area contributed by atoms with Crippen LogP contribution in [-0.4, -0.2) is 18.8 Å². The number of hydrogen-bond donors (Lipinski definition) is 0. The predicted octanol–water partition coefficient (Wildman–Crippen LogP) is 2.26. The largest absolute Gasteiger partial charge is 0.496 e. The SMILES string of the molecule is COc1cccc(F)c1C(=O)CCl. The Balaban J connectivity index is 3.22. The zero-order chi connectivity index (χ0) is 9.84. The highest BCUT2D eigenvalue weighted by Gasteiger charge is 2.15. The van der Waals surface area contributed by atoms with Gasteiger partial charge in [0.1, 0.15) is 11.6 Å². The maximum absolute atomic E-state index is 13.1. The fourth-order valence-electron chi connectivity index (χ4n) is 1.01. The van der Waals surface area contributed by atoms with Gasteiger partial charge in [0.2, 0.25) is 0 Å². The van der Waals surface area contributed by atoms with Gasteiger partial charge in [0.25, 0.3) is 0 Å². The zero-order valence-electron chi connectivity index (χ0n) is 7.01. The molecule has 0 radical (unpaired) electrons. The Bertz CT molecular complexity index is 325. The number of benzene rings is 1. The molecule has 0 aliphatic rings. The molecule has 70 valence electrons. The summed E-state index contributed by atoms with van der Waals surface area (Å²) in [5, 5.41) is 0. The quantitative estimate of drug-likeness (QED) is 0.555. The van der Waals surface area contributed by atoms with Gasteiger partial charge in [-0.2, -0.15) is 0 Å². The van der Waals surface area contributed by atoms with E-state index in [1.54, 1.807) is 0 Å². The summed E-state index contributed by atoms with van der Waals surface area (Å²) >= 11 is 5.32. The van der Waals surface area contributed by atoms with Crippen molar-refractivity contribution >= 4 is 17.4 Å². The lowest BCUT2D eigenvalue weighted by atomic mass is 10.1. The molecule has 0 amide bonds. The summed E-state index contributed by atoms with van der Waals surface area (Å²) in [7, 11) is 1.37. The van der Waals surface area contributed by atoms with Gasteiger partial charge in [-0.15, -0.1) is 11.6 Å². The van der Waals surface area contributed by atoms with Crippen LogP contribution in [0.15, 0.2) is 18.2 Å². The number of halogens is 2. The molecule has 4 heteroatoms. The molecule has 1 aromatic rings. The van der Waals surface area contributed by atoms with E-state index in [4.69, 9.17) is 16.3 Å². The third kappa shape index (κ3) is 1.98. The van der Waals surface area contributed by atoms with Gasteiger partial charge in [-0.1, -0.05) is 6.07 Å². The normalized spacial score (nSPS) is 9.77. The van der Waals surface area contributed by atoms with Gasteiger partial charge in [0, 0.05) is 0 Å². The number of alkyl halides is 1. The molecule has 1 rings (SSSR count). The number of methoxy groups -OCH3 is 1. The first-order valence-electron chi connectivity index (χ1n) is 3.62. The molecule has 0 bridgehead atoms. The molecule has 0 heterocycles. The van der Waals surface area contributed by atoms with Gasteiger partial charge in [-0.25, -0.2) is 4.39 Å². The van der Waals surface area contributed by atoms with Gasteiger partial charge < -0.3 is 4.74 Å². The van der Waals surface area contributed by atoms with E-state index in [1.807, 2.05) is 0 Å². The van der Waals surface area contributed by atoms with E-state index in [9.17, 15) is 9.18 Å². The summed E-state index contributed by atoms with van der Waals surface area (Å²) in [4.78, 5) is 11.2. The van der Waals surface area contributed by atoms with Crippen molar-refractivity contribution in [3.05, 3.63) is 29.6 Å². The number of hydrogen-bond acceptors (Lipinski definition) is 2. The average Bonchev–Trinajstić information content (AvgIpc) is 2.16. The van der Waals surface area contributed by atoms with Crippen molar-refractivity contribution in [2.45, 2.75) is 0 Å². The first-order chi connectivity index (χ1) is 6.20. The Morgan fingerprint density at radius 2 is 2.31 bits per heavy atom. The van der Waals surface area contributed by atoms with Crippen LogP contribution < -0.4 is 4.74 Å². The first-order valence-corrected chi connectivity index (χ1v) is 4.15. The van der Waals surface area contributed by atoms with E-state index in [1.165, 1.54) is 25.3 Å². The molecule has 0 atom stereocenters. The molecule has 0 aromatic heterocycles. The van der Waals surface area contributed by atoms with Crippen LogP contribution in [0, 0.1) is 5.82 Å². The van der Waals surface area contributed by atoms with Gasteiger partial charge >= 0.3 is 0 Å². The molecule has 0 aliphatic carbocycles. The predicted molar refractivity (Wildman–Crippen MR) is 48.0 cm³/mol. The van der Waals surface area contributed by atoms with E-state index in [0.29, 0.717) is 0 Å². The van der Waals surface area contributed by atoms with Gasteiger partial charge in [0.15, 0.2) is 5.78 Å². The van der Waals surface area contributed by atoms with E-state index in [0.717, 1.165) is 0 Å². The summed E-state index contributed by atoms with van der Waals surface area (Å²) in [5.41, 5.74) is -0.0833. The van der Waals surface area contributed by atoms with Gasteiger partial charge in [-0.3, -0.25) is 4.79 Å². The molecule has 0 saturated heterocycles. The third-order valence-electron chi connectivity index (χ3n) is 1.60. The maximum atomic E-state index is 13.1. The molecule has 13 heavy (non-hydrogen) atoms. The molecule has 2 nitrogen and oxygen atoms in total. The maximum Gasteiger partial charge on any atom is 0.184 e. The second-order valence-corrected chi connectivity index (χ2v) is 2.64. The summed E-state index contributed by atoms with van der Waals surface area (Å²) in [6.07, 6.45) is 0. The first kappa shape index (κ1) is 9.99. The van der Waals surface area contributed by atoms with Crippen molar-refractivity contribution in [1.29, 1.82) is 0 Å². The van der Waals surface area contributed by atoms with Crippen molar-refractivity contribution in [2.24, 2.45) is 0 Å². The number of ether oxygens (including phenoxy) is 1. The molecule has 0 aliphatic heterocycles. The van der Waals surface area contributed by atoms with E-state index >= 15 is 0 Å². The summed E-state index contributed by atoms with van der Waals surface area (Å²) in [5.74, 6) is -1.12. The minimum Gasteiger partial charge on any atom is -0.496 e. The second kappa shape index (κ2) is 4.23. The van der Waals surface area contributed by atoms with Gasteiger partial charge in [0.05, 0.1) is 18.6 Å². The van der Waals surface area contributed by atoms with Crippen LogP contribution in [0.1, 0.15) is 10.4 Å². The van der Waals surface area contributed by atoms with Crippen LogP contribution in [0.4, 0.5) is 4.39 Å². The fraction of sp³-hybridized carbons (Fsp3) is 0.222. The number of carbonyl (C=O) groups is 1. The lowest BCUT2D eigenvalue weighted by Crippen LogP contribution is -2.06. The Morgan fingerprint density at radius 1 is 1.62 bits per heavy atom. The summed E-state index contributed by atoms with van der Waals surface area (Å²) in [6, 6.07) is 4.18. The van der Waals surface area contributed by atoms with Crippen molar-refractivity contribution in [1.82, 2.24) is 0 Å². The lowest BCUT2D eigenvalue weighted by Gasteiger charge is -2.06. The highest BCUT2D eigenvalue weighted by atomic mass is 35.5. The highest BCUT2D eigenvalue weighted by molar-refractivity contribution is 6.30. The Labute approximate surface area is 80.3 Å². The Hall–Kier alpha value is -1.09.